The van der Waals surface area contributed by atoms with Crippen molar-refractivity contribution in [3.63, 3.8) is 0 Å². The summed E-state index contributed by atoms with van der Waals surface area (Å²) in [5.41, 5.74) is 3.19. The number of amides is 2. The Hall–Kier alpha value is -3.53. The van der Waals surface area contributed by atoms with Crippen molar-refractivity contribution >= 4 is 46.6 Å². The number of hydrogen-bond acceptors (Lipinski definition) is 4. The van der Waals surface area contributed by atoms with Crippen molar-refractivity contribution in [2.24, 2.45) is 0 Å². The van der Waals surface area contributed by atoms with Gasteiger partial charge in [-0.2, -0.15) is 5.26 Å². The Labute approximate surface area is 214 Å². The Morgan fingerprint density at radius 3 is 2.31 bits per heavy atom. The minimum atomic E-state index is -0.551. The molecule has 5 nitrogen and oxygen atoms in total. The molecule has 176 valence electrons. The molecule has 1 fully saturated rings. The van der Waals surface area contributed by atoms with Crippen LogP contribution < -0.4 is 10.2 Å². The maximum absolute atomic E-state index is 13.6. The molecule has 3 aromatic carbocycles. The zero-order valence-electron chi connectivity index (χ0n) is 19.4. The van der Waals surface area contributed by atoms with E-state index in [1.165, 1.54) is 16.7 Å². The largest absolute Gasteiger partial charge is 0.321 e. The number of rotatable bonds is 6. The van der Waals surface area contributed by atoms with E-state index in [-0.39, 0.29) is 11.5 Å². The van der Waals surface area contributed by atoms with Crippen LogP contribution in [0.3, 0.4) is 0 Å². The molecule has 1 unspecified atom stereocenters. The second kappa shape index (κ2) is 10.8. The standard InChI is InChI=1S/C28H24ClN3O2S/c1-18(2)20-10-14-23(15-11-20)32-27(34)25(16-19-8-12-21(29)13-9-19)35-28(32)24(17-30)26(33)31-22-6-4-3-5-7-22/h3-15,18,25H,16H2,1-2H3,(H,31,33)/b28-24-. The third kappa shape index (κ3) is 5.59. The fourth-order valence-corrected chi connectivity index (χ4v) is 5.21. The second-order valence-corrected chi connectivity index (χ2v) is 10.1. The van der Waals surface area contributed by atoms with Crippen LogP contribution in [0.1, 0.15) is 30.9 Å². The van der Waals surface area contributed by atoms with Gasteiger partial charge in [0, 0.05) is 16.4 Å². The Morgan fingerprint density at radius 2 is 1.71 bits per heavy atom. The lowest BCUT2D eigenvalue weighted by Gasteiger charge is -2.19. The van der Waals surface area contributed by atoms with Crippen LogP contribution >= 0.6 is 23.4 Å². The maximum Gasteiger partial charge on any atom is 0.269 e. The summed E-state index contributed by atoms with van der Waals surface area (Å²) in [6.45, 7) is 4.20. The normalized spacial score (nSPS) is 16.8. The van der Waals surface area contributed by atoms with Gasteiger partial charge in [0.1, 0.15) is 16.7 Å². The van der Waals surface area contributed by atoms with Crippen molar-refractivity contribution in [2.75, 3.05) is 10.2 Å². The third-order valence-electron chi connectivity index (χ3n) is 5.69. The summed E-state index contributed by atoms with van der Waals surface area (Å²) in [6.07, 6.45) is 0.448. The monoisotopic (exact) mass is 501 g/mol. The summed E-state index contributed by atoms with van der Waals surface area (Å²) in [6, 6.07) is 26.0. The summed E-state index contributed by atoms with van der Waals surface area (Å²) >= 11 is 7.25. The molecule has 1 saturated heterocycles. The predicted molar refractivity (Wildman–Crippen MR) is 142 cm³/mol. The molecule has 0 radical (unpaired) electrons. The Morgan fingerprint density at radius 1 is 1.06 bits per heavy atom. The zero-order valence-corrected chi connectivity index (χ0v) is 20.9. The summed E-state index contributed by atoms with van der Waals surface area (Å²) in [4.78, 5) is 28.2. The van der Waals surface area contributed by atoms with Crippen molar-refractivity contribution in [2.45, 2.75) is 31.4 Å². The van der Waals surface area contributed by atoms with E-state index in [0.29, 0.717) is 33.8 Å². The van der Waals surface area contributed by atoms with Crippen LogP contribution in [0.4, 0.5) is 11.4 Å². The number of carbonyl (C=O) groups excluding carboxylic acids is 2. The van der Waals surface area contributed by atoms with E-state index in [1.54, 1.807) is 36.4 Å². The zero-order chi connectivity index (χ0) is 24.9. The first kappa shape index (κ1) is 24.6. The first-order valence-electron chi connectivity index (χ1n) is 11.2. The summed E-state index contributed by atoms with van der Waals surface area (Å²) < 4.78 is 0. The highest BCUT2D eigenvalue weighted by atomic mass is 35.5. The quantitative estimate of drug-likeness (QED) is 0.308. The van der Waals surface area contributed by atoms with Crippen molar-refractivity contribution < 1.29 is 9.59 Å². The lowest BCUT2D eigenvalue weighted by atomic mass is 10.0. The van der Waals surface area contributed by atoms with Crippen LogP contribution in [0.25, 0.3) is 0 Å². The van der Waals surface area contributed by atoms with Gasteiger partial charge in [-0.25, -0.2) is 0 Å². The highest BCUT2D eigenvalue weighted by Crippen LogP contribution is 2.42. The molecule has 1 heterocycles. The number of benzene rings is 3. The molecule has 7 heteroatoms. The number of nitriles is 1. The van der Waals surface area contributed by atoms with Crippen molar-refractivity contribution in [1.29, 1.82) is 5.26 Å². The van der Waals surface area contributed by atoms with Crippen LogP contribution in [0, 0.1) is 11.3 Å². The molecule has 4 rings (SSSR count). The Kier molecular flexibility index (Phi) is 7.60. The SMILES string of the molecule is CC(C)c1ccc(N2C(=O)C(Cc3ccc(Cl)cc3)S/C2=C(/C#N)C(=O)Nc2ccccc2)cc1. The highest BCUT2D eigenvalue weighted by molar-refractivity contribution is 8.05. The van der Waals surface area contributed by atoms with Gasteiger partial charge in [-0.05, 0) is 59.9 Å². The van der Waals surface area contributed by atoms with Crippen LogP contribution in [-0.4, -0.2) is 17.1 Å². The van der Waals surface area contributed by atoms with E-state index < -0.39 is 11.2 Å². The first-order chi connectivity index (χ1) is 16.9. The molecule has 1 aliphatic rings. The lowest BCUT2D eigenvalue weighted by molar-refractivity contribution is -0.117. The highest BCUT2D eigenvalue weighted by Gasteiger charge is 2.40. The number of halogens is 1. The van der Waals surface area contributed by atoms with E-state index in [0.717, 1.165) is 11.1 Å². The number of anilines is 2. The summed E-state index contributed by atoms with van der Waals surface area (Å²) in [7, 11) is 0. The van der Waals surface area contributed by atoms with Gasteiger partial charge in [0.05, 0.1) is 5.25 Å². The molecular weight excluding hydrogens is 478 g/mol. The lowest BCUT2D eigenvalue weighted by Crippen LogP contribution is -2.31. The molecule has 0 saturated carbocycles. The molecule has 3 aromatic rings. The predicted octanol–water partition coefficient (Wildman–Crippen LogP) is 6.53. The van der Waals surface area contributed by atoms with Crippen LogP contribution in [0.15, 0.2) is 89.5 Å². The fourth-order valence-electron chi connectivity index (χ4n) is 3.78. The minimum Gasteiger partial charge on any atom is -0.321 e. The van der Waals surface area contributed by atoms with Crippen molar-refractivity contribution in [3.05, 3.63) is 106 Å². The van der Waals surface area contributed by atoms with Crippen molar-refractivity contribution in [3.8, 4) is 6.07 Å². The molecule has 1 aliphatic heterocycles. The number of nitrogens with one attached hydrogen (secondary N) is 1. The van der Waals surface area contributed by atoms with E-state index in [2.05, 4.69) is 19.2 Å². The van der Waals surface area contributed by atoms with E-state index >= 15 is 0 Å². The second-order valence-electron chi connectivity index (χ2n) is 8.47. The topological polar surface area (TPSA) is 73.2 Å². The van der Waals surface area contributed by atoms with Gasteiger partial charge in [-0.15, -0.1) is 0 Å². The number of thioether (sulfide) groups is 1. The minimum absolute atomic E-state index is 0.0984. The van der Waals surface area contributed by atoms with Crippen LogP contribution in [-0.2, 0) is 16.0 Å². The number of nitrogens with zero attached hydrogens (tertiary/aromatic N) is 2. The molecule has 1 atom stereocenters. The molecule has 2 amide bonds. The van der Waals surface area contributed by atoms with Gasteiger partial charge in [0.15, 0.2) is 0 Å². The molecule has 0 bridgehead atoms. The number of para-hydroxylation sites is 1. The van der Waals surface area contributed by atoms with Gasteiger partial charge >= 0.3 is 0 Å². The van der Waals surface area contributed by atoms with Gasteiger partial charge in [-0.1, -0.05) is 79.7 Å². The third-order valence-corrected chi connectivity index (χ3v) is 7.20. The van der Waals surface area contributed by atoms with Gasteiger partial charge < -0.3 is 5.32 Å². The van der Waals surface area contributed by atoms with Gasteiger partial charge in [-0.3, -0.25) is 14.5 Å². The maximum atomic E-state index is 13.6. The fraction of sp³-hybridized carbons (Fsp3) is 0.179. The summed E-state index contributed by atoms with van der Waals surface area (Å²) in [5.74, 6) is -0.380. The molecular formula is C28H24ClN3O2S. The molecule has 0 spiro atoms. The van der Waals surface area contributed by atoms with E-state index in [4.69, 9.17) is 11.6 Å². The molecule has 0 aliphatic carbocycles. The Balaban J connectivity index is 1.72. The molecule has 35 heavy (non-hydrogen) atoms. The van der Waals surface area contributed by atoms with E-state index in [1.807, 2.05) is 48.5 Å². The average molecular weight is 502 g/mol. The summed E-state index contributed by atoms with van der Waals surface area (Å²) in [5, 5.41) is 13.2. The smallest absolute Gasteiger partial charge is 0.269 e. The number of hydrogen-bond donors (Lipinski definition) is 1. The molecule has 0 aromatic heterocycles. The Bertz CT molecular complexity index is 1300. The number of carbonyl (C=O) groups is 2. The van der Waals surface area contributed by atoms with E-state index in [9.17, 15) is 14.9 Å². The van der Waals surface area contributed by atoms with Crippen LogP contribution in [0.5, 0.6) is 0 Å². The van der Waals surface area contributed by atoms with Gasteiger partial charge in [0.2, 0.25) is 5.91 Å². The average Bonchev–Trinajstić information content (AvgIpc) is 3.17. The molecule has 1 N–H and O–H groups in total. The van der Waals surface area contributed by atoms with Crippen molar-refractivity contribution in [1.82, 2.24) is 0 Å². The van der Waals surface area contributed by atoms with Crippen LogP contribution in [0.2, 0.25) is 5.02 Å². The van der Waals surface area contributed by atoms with Gasteiger partial charge in [0.25, 0.3) is 5.91 Å². The first-order valence-corrected chi connectivity index (χ1v) is 12.5.